The lowest BCUT2D eigenvalue weighted by molar-refractivity contribution is -0.144. The average molecular weight is 538 g/mol. The molecule has 1 saturated heterocycles. The Kier molecular flexibility index (Phi) is 6.80. The van der Waals surface area contributed by atoms with Gasteiger partial charge in [0.1, 0.15) is 24.1 Å². The van der Waals surface area contributed by atoms with Gasteiger partial charge < -0.3 is 21.1 Å². The van der Waals surface area contributed by atoms with Gasteiger partial charge in [0.2, 0.25) is 0 Å². The van der Waals surface area contributed by atoms with Crippen LogP contribution in [0.3, 0.4) is 0 Å². The Bertz CT molecular complexity index is 1400. The van der Waals surface area contributed by atoms with Crippen molar-refractivity contribution in [3.63, 3.8) is 0 Å². The summed E-state index contributed by atoms with van der Waals surface area (Å²) >= 11 is 0. The first-order valence-corrected chi connectivity index (χ1v) is 11.7. The van der Waals surface area contributed by atoms with Crippen LogP contribution in [0.15, 0.2) is 24.7 Å². The highest BCUT2D eigenvalue weighted by atomic mass is 19.4. The molecule has 10 nitrogen and oxygen atoms in total. The van der Waals surface area contributed by atoms with E-state index < -0.39 is 52.8 Å². The van der Waals surface area contributed by atoms with Crippen LogP contribution in [0, 0.1) is 12.3 Å². The maximum Gasteiger partial charge on any atom is 0.418 e. The topological polar surface area (TPSA) is 139 Å². The predicted octanol–water partition coefficient (Wildman–Crippen LogP) is 2.39. The summed E-state index contributed by atoms with van der Waals surface area (Å²) in [6, 6.07) is 1.11. The van der Waals surface area contributed by atoms with Crippen LogP contribution < -0.4 is 11.1 Å². The first kappa shape index (κ1) is 27.2. The van der Waals surface area contributed by atoms with E-state index in [0.29, 0.717) is 0 Å². The second-order valence-corrected chi connectivity index (χ2v) is 10.3. The number of likely N-dealkylation sites (tertiary alicyclic amines) is 1. The Morgan fingerprint density at radius 2 is 1.87 bits per heavy atom. The molecule has 3 aromatic rings. The number of halogens is 4. The monoisotopic (exact) mass is 537 g/mol. The number of nitrogens with one attached hydrogen (secondary N) is 1. The second kappa shape index (κ2) is 9.49. The van der Waals surface area contributed by atoms with Crippen LogP contribution in [0.5, 0.6) is 0 Å². The Labute approximate surface area is 214 Å². The molecule has 0 unspecified atom stereocenters. The molecular weight excluding hydrogens is 510 g/mol. The third kappa shape index (κ3) is 4.99. The predicted molar refractivity (Wildman–Crippen MR) is 129 cm³/mol. The Morgan fingerprint density at radius 1 is 1.18 bits per heavy atom. The summed E-state index contributed by atoms with van der Waals surface area (Å²) in [4.78, 5) is 34.6. The van der Waals surface area contributed by atoms with Gasteiger partial charge in [-0.15, -0.1) is 0 Å². The first-order chi connectivity index (χ1) is 17.6. The molecule has 3 atom stereocenters. The fraction of sp³-hybridized carbons (Fsp3) is 0.458. The number of carbonyl (C=O) groups is 2. The second-order valence-electron chi connectivity index (χ2n) is 10.3. The molecule has 4 rings (SSSR count). The van der Waals surface area contributed by atoms with Gasteiger partial charge in [-0.3, -0.25) is 14.6 Å². The quantitative estimate of drug-likeness (QED) is 0.435. The molecule has 1 aliphatic heterocycles. The average Bonchev–Trinajstić information content (AvgIpc) is 3.39. The van der Waals surface area contributed by atoms with Crippen molar-refractivity contribution in [1.82, 2.24) is 29.8 Å². The number of nitrogens with two attached hydrogens (primary N) is 1. The van der Waals surface area contributed by atoms with Gasteiger partial charge in [0.05, 0.1) is 35.1 Å². The highest BCUT2D eigenvalue weighted by molar-refractivity contribution is 5.97. The zero-order valence-corrected chi connectivity index (χ0v) is 21.0. The number of carbonyl (C=O) groups excluding carboxylic acids is 2. The molecule has 4 N–H and O–H groups in total. The molecule has 0 bridgehead atoms. The van der Waals surface area contributed by atoms with Gasteiger partial charge in [0.25, 0.3) is 11.8 Å². The number of pyridine rings is 1. The van der Waals surface area contributed by atoms with Crippen LogP contribution in [-0.2, 0) is 11.0 Å². The van der Waals surface area contributed by atoms with Gasteiger partial charge in [0, 0.05) is 18.3 Å². The molecule has 14 heteroatoms. The van der Waals surface area contributed by atoms with Gasteiger partial charge in [-0.2, -0.15) is 18.3 Å². The molecular formula is C24H27F4N7O3. The third-order valence-electron chi connectivity index (χ3n) is 6.45. The summed E-state index contributed by atoms with van der Waals surface area (Å²) in [6.45, 7) is 6.09. The normalized spacial score (nSPS) is 19.1. The summed E-state index contributed by atoms with van der Waals surface area (Å²) in [5, 5.41) is 16.7. The van der Waals surface area contributed by atoms with Crippen LogP contribution in [0.4, 0.5) is 23.4 Å². The van der Waals surface area contributed by atoms with Crippen molar-refractivity contribution < 1.29 is 32.3 Å². The lowest BCUT2D eigenvalue weighted by Crippen LogP contribution is -2.46. The number of aromatic nitrogens is 4. The van der Waals surface area contributed by atoms with E-state index in [1.807, 2.05) is 0 Å². The van der Waals surface area contributed by atoms with Gasteiger partial charge >= 0.3 is 6.18 Å². The summed E-state index contributed by atoms with van der Waals surface area (Å²) in [6.07, 6.45) is -5.39. The highest BCUT2D eigenvalue weighted by Crippen LogP contribution is 2.38. The van der Waals surface area contributed by atoms with Crippen LogP contribution in [0.25, 0.3) is 16.8 Å². The van der Waals surface area contributed by atoms with Gasteiger partial charge in [-0.05, 0) is 24.5 Å². The minimum atomic E-state index is -4.75. The number of hydrogen-bond donors (Lipinski definition) is 3. The lowest BCUT2D eigenvalue weighted by Gasteiger charge is -2.28. The van der Waals surface area contributed by atoms with E-state index in [1.165, 1.54) is 19.2 Å². The third-order valence-corrected chi connectivity index (χ3v) is 6.45. The number of aryl methyl sites for hydroxylation is 1. The number of nitrogens with zero attached hydrogens (tertiary/aromatic N) is 5. The number of nitrogen functional groups attached to an aromatic ring is 1. The lowest BCUT2D eigenvalue weighted by atomic mass is 9.88. The van der Waals surface area contributed by atoms with Crippen LogP contribution in [0.1, 0.15) is 42.4 Å². The smallest absolute Gasteiger partial charge is 0.383 e. The van der Waals surface area contributed by atoms with Crippen molar-refractivity contribution in [2.45, 2.75) is 52.2 Å². The molecule has 4 heterocycles. The van der Waals surface area contributed by atoms with E-state index >= 15 is 0 Å². The maximum absolute atomic E-state index is 14.8. The molecule has 2 amide bonds. The van der Waals surface area contributed by atoms with Gasteiger partial charge in [-0.1, -0.05) is 20.8 Å². The number of aliphatic hydroxyl groups excluding tert-OH is 1. The van der Waals surface area contributed by atoms with Crippen molar-refractivity contribution in [1.29, 1.82) is 0 Å². The molecule has 0 aromatic carbocycles. The summed E-state index contributed by atoms with van der Waals surface area (Å²) < 4.78 is 56.8. The molecule has 0 spiro atoms. The number of hydrogen-bond acceptors (Lipinski definition) is 7. The molecule has 0 saturated carbocycles. The zero-order chi connectivity index (χ0) is 28.2. The van der Waals surface area contributed by atoms with Crippen LogP contribution >= 0.6 is 0 Å². The van der Waals surface area contributed by atoms with E-state index in [4.69, 9.17) is 5.73 Å². The van der Waals surface area contributed by atoms with Gasteiger partial charge in [0.15, 0.2) is 5.82 Å². The van der Waals surface area contributed by atoms with Gasteiger partial charge in [-0.25, -0.2) is 13.9 Å². The Balaban J connectivity index is 1.62. The largest absolute Gasteiger partial charge is 0.418 e. The molecule has 38 heavy (non-hydrogen) atoms. The first-order valence-electron chi connectivity index (χ1n) is 11.7. The van der Waals surface area contributed by atoms with Crippen molar-refractivity contribution >= 4 is 23.1 Å². The molecule has 1 fully saturated rings. The van der Waals surface area contributed by atoms with E-state index in [9.17, 15) is 32.3 Å². The minimum absolute atomic E-state index is 0.000241. The minimum Gasteiger partial charge on any atom is -0.383 e. The van der Waals surface area contributed by atoms with Crippen molar-refractivity contribution in [3.8, 4) is 11.3 Å². The number of aliphatic hydroxyl groups is 1. The van der Waals surface area contributed by atoms with Crippen LogP contribution in [0.2, 0.25) is 0 Å². The maximum atomic E-state index is 14.8. The molecule has 0 radical (unpaired) electrons. The van der Waals surface area contributed by atoms with E-state index in [1.54, 1.807) is 20.8 Å². The highest BCUT2D eigenvalue weighted by Gasteiger charge is 2.41. The molecule has 204 valence electrons. The Morgan fingerprint density at radius 3 is 2.50 bits per heavy atom. The number of amides is 2. The zero-order valence-electron chi connectivity index (χ0n) is 21.0. The number of alkyl halides is 4. The molecule has 1 aliphatic rings. The summed E-state index contributed by atoms with van der Waals surface area (Å²) in [7, 11) is 0. The number of fused-ring (bicyclic) bond motifs is 1. The van der Waals surface area contributed by atoms with Crippen molar-refractivity contribution in [2.24, 2.45) is 5.41 Å². The Hall–Kier alpha value is -3.81. The SMILES string of the molecule is Cc1ncc(-c2cc(C(F)(F)F)c3c(N)ncnn23)cc1C(=O)N[C@@H]1CN(C(=O)[C@@H](O)C(C)(C)C)C[C@@H]1F. The number of anilines is 1. The summed E-state index contributed by atoms with van der Waals surface area (Å²) in [5.74, 6) is -1.73. The fourth-order valence-electron chi connectivity index (χ4n) is 4.26. The molecule has 0 aliphatic carbocycles. The van der Waals surface area contributed by atoms with E-state index in [-0.39, 0.29) is 41.4 Å². The number of rotatable bonds is 4. The standard InChI is InChI=1S/C24H27F4N7O3/c1-11-13(21(37)33-16-9-34(8-15(16)25)22(38)19(36)23(2,3)4)5-12(7-30-11)17-6-14(24(26,27)28)18-20(29)31-10-32-35(17)18/h5-7,10,15-16,19,36H,8-9H2,1-4H3,(H,33,37)(H2,29,31,32)/t15-,16+,19+/m0/s1. The van der Waals surface area contributed by atoms with Crippen LogP contribution in [-0.4, -0.2) is 72.8 Å². The fourth-order valence-corrected chi connectivity index (χ4v) is 4.26. The van der Waals surface area contributed by atoms with E-state index in [0.717, 1.165) is 21.8 Å². The van der Waals surface area contributed by atoms with E-state index in [2.05, 4.69) is 20.4 Å². The molecule has 3 aromatic heterocycles. The van der Waals surface area contributed by atoms with Crippen molar-refractivity contribution in [3.05, 3.63) is 41.5 Å². The summed E-state index contributed by atoms with van der Waals surface area (Å²) in [5.41, 5.74) is 3.82. The van der Waals surface area contributed by atoms with Crippen molar-refractivity contribution in [2.75, 3.05) is 18.8 Å².